The lowest BCUT2D eigenvalue weighted by Gasteiger charge is -2.26. The predicted octanol–water partition coefficient (Wildman–Crippen LogP) is 2.71. The maximum absolute atomic E-state index is 12.7. The Balaban J connectivity index is 1.53. The van der Waals surface area contributed by atoms with Crippen molar-refractivity contribution in [1.82, 2.24) is 29.8 Å². The molecule has 0 spiro atoms. The first kappa shape index (κ1) is 18.7. The number of nitrogens with zero attached hydrogens (tertiary/aromatic N) is 6. The topological polar surface area (TPSA) is 106 Å². The number of anilines is 2. The Kier molecular flexibility index (Phi) is 5.55. The average molecular weight is 391 g/mol. The number of rotatable bonds is 5. The summed E-state index contributed by atoms with van der Waals surface area (Å²) in [5, 5.41) is 3.08. The smallest absolute Gasteiger partial charge is 0.272 e. The number of piperidine rings is 1. The van der Waals surface area contributed by atoms with Gasteiger partial charge in [-0.2, -0.15) is 4.98 Å². The molecular weight excluding hydrogens is 370 g/mol. The second-order valence-corrected chi connectivity index (χ2v) is 6.63. The zero-order valence-electron chi connectivity index (χ0n) is 16.1. The fourth-order valence-corrected chi connectivity index (χ4v) is 3.15. The van der Waals surface area contributed by atoms with E-state index in [1.165, 1.54) is 12.7 Å². The minimum Gasteiger partial charge on any atom is -0.481 e. The van der Waals surface area contributed by atoms with E-state index in [9.17, 15) is 4.79 Å². The molecule has 148 valence electrons. The Morgan fingerprint density at radius 3 is 2.69 bits per heavy atom. The van der Waals surface area contributed by atoms with E-state index in [0.29, 0.717) is 28.9 Å². The van der Waals surface area contributed by atoms with Gasteiger partial charge in [0.1, 0.15) is 12.0 Å². The van der Waals surface area contributed by atoms with Crippen molar-refractivity contribution in [1.29, 1.82) is 0 Å². The molecule has 3 aromatic heterocycles. The predicted molar refractivity (Wildman–Crippen MR) is 107 cm³/mol. The molecule has 3 aromatic rings. The van der Waals surface area contributed by atoms with E-state index in [0.717, 1.165) is 31.6 Å². The summed E-state index contributed by atoms with van der Waals surface area (Å²) in [6, 6.07) is 7.06. The minimum absolute atomic E-state index is 0.0525. The molecule has 0 bridgehead atoms. The van der Waals surface area contributed by atoms with Gasteiger partial charge in [0.2, 0.25) is 11.8 Å². The van der Waals surface area contributed by atoms with Gasteiger partial charge in [0, 0.05) is 30.9 Å². The van der Waals surface area contributed by atoms with E-state index >= 15 is 0 Å². The van der Waals surface area contributed by atoms with Gasteiger partial charge in [-0.05, 0) is 37.5 Å². The van der Waals surface area contributed by atoms with Gasteiger partial charge in [0.05, 0.1) is 19.0 Å². The van der Waals surface area contributed by atoms with Crippen molar-refractivity contribution in [3.8, 4) is 17.3 Å². The summed E-state index contributed by atoms with van der Waals surface area (Å²) in [4.78, 5) is 35.8. The van der Waals surface area contributed by atoms with E-state index in [4.69, 9.17) is 4.74 Å². The fraction of sp³-hybridized carbons (Fsp3) is 0.300. The van der Waals surface area contributed by atoms with Crippen LogP contribution in [0.15, 0.2) is 43.0 Å². The Morgan fingerprint density at radius 2 is 1.93 bits per heavy atom. The van der Waals surface area contributed by atoms with Crippen molar-refractivity contribution < 1.29 is 9.53 Å². The zero-order valence-corrected chi connectivity index (χ0v) is 16.1. The van der Waals surface area contributed by atoms with Crippen molar-refractivity contribution in [3.05, 3.63) is 48.7 Å². The monoisotopic (exact) mass is 391 g/mol. The van der Waals surface area contributed by atoms with E-state index < -0.39 is 0 Å². The summed E-state index contributed by atoms with van der Waals surface area (Å²) >= 11 is 0. The van der Waals surface area contributed by atoms with Crippen LogP contribution >= 0.6 is 0 Å². The Hall–Kier alpha value is -3.62. The highest BCUT2D eigenvalue weighted by Crippen LogP contribution is 2.20. The van der Waals surface area contributed by atoms with Gasteiger partial charge in [-0.15, -0.1) is 0 Å². The zero-order chi connectivity index (χ0) is 20.1. The molecule has 0 atom stereocenters. The molecule has 9 nitrogen and oxygen atoms in total. The number of amides is 1. The molecule has 1 aliphatic rings. The first-order valence-corrected chi connectivity index (χ1v) is 9.45. The number of likely N-dealkylation sites (tertiary alicyclic amines) is 1. The standard InChI is InChI=1S/C20H21N7O2/c1-29-17-6-5-15(12-22-17)25-20-24-13-23-18(26-20)14-7-8-21-16(11-14)19(28)27-9-3-2-4-10-27/h5-8,11-13H,2-4,9-10H2,1H3,(H,23,24,25,26). The van der Waals surface area contributed by atoms with E-state index in [2.05, 4.69) is 30.2 Å². The summed E-state index contributed by atoms with van der Waals surface area (Å²) in [7, 11) is 1.56. The molecule has 0 aromatic carbocycles. The first-order chi connectivity index (χ1) is 14.2. The molecule has 4 rings (SSSR count). The number of carbonyl (C=O) groups is 1. The molecule has 1 N–H and O–H groups in total. The molecule has 0 aliphatic carbocycles. The molecule has 1 aliphatic heterocycles. The number of hydrogen-bond donors (Lipinski definition) is 1. The summed E-state index contributed by atoms with van der Waals surface area (Å²) < 4.78 is 5.05. The SMILES string of the molecule is COc1ccc(Nc2ncnc(-c3ccnc(C(=O)N4CCCCC4)c3)n2)cn1. The number of hydrogen-bond acceptors (Lipinski definition) is 8. The van der Waals surface area contributed by atoms with Crippen LogP contribution in [-0.4, -0.2) is 55.9 Å². The third-order valence-corrected chi connectivity index (χ3v) is 4.65. The van der Waals surface area contributed by atoms with Crippen LogP contribution in [0.25, 0.3) is 11.4 Å². The quantitative estimate of drug-likeness (QED) is 0.708. The largest absolute Gasteiger partial charge is 0.481 e. The van der Waals surface area contributed by atoms with Crippen molar-refractivity contribution in [3.63, 3.8) is 0 Å². The van der Waals surface area contributed by atoms with Crippen LogP contribution in [0, 0.1) is 0 Å². The van der Waals surface area contributed by atoms with Gasteiger partial charge in [0.25, 0.3) is 5.91 Å². The number of carbonyl (C=O) groups excluding carboxylic acids is 1. The number of aromatic nitrogens is 5. The summed E-state index contributed by atoms with van der Waals surface area (Å²) in [5.41, 5.74) is 1.83. The van der Waals surface area contributed by atoms with Gasteiger partial charge in [0.15, 0.2) is 5.82 Å². The molecular formula is C20H21N7O2. The summed E-state index contributed by atoms with van der Waals surface area (Å²) in [6.45, 7) is 1.56. The third-order valence-electron chi connectivity index (χ3n) is 4.65. The molecule has 4 heterocycles. The van der Waals surface area contributed by atoms with Crippen molar-refractivity contribution >= 4 is 17.5 Å². The number of nitrogens with one attached hydrogen (secondary N) is 1. The van der Waals surface area contributed by atoms with E-state index in [-0.39, 0.29) is 5.91 Å². The van der Waals surface area contributed by atoms with Crippen LogP contribution in [-0.2, 0) is 0 Å². The van der Waals surface area contributed by atoms with Gasteiger partial charge in [-0.1, -0.05) is 0 Å². The molecule has 1 fully saturated rings. The summed E-state index contributed by atoms with van der Waals surface area (Å²) in [5.74, 6) is 1.31. The fourth-order valence-electron chi connectivity index (χ4n) is 3.15. The van der Waals surface area contributed by atoms with Gasteiger partial charge in [-0.3, -0.25) is 9.78 Å². The van der Waals surface area contributed by atoms with Crippen LogP contribution in [0.5, 0.6) is 5.88 Å². The highest BCUT2D eigenvalue weighted by molar-refractivity contribution is 5.93. The maximum atomic E-state index is 12.7. The first-order valence-electron chi connectivity index (χ1n) is 9.45. The molecule has 0 radical (unpaired) electrons. The number of pyridine rings is 2. The normalized spacial score (nSPS) is 13.8. The highest BCUT2D eigenvalue weighted by atomic mass is 16.5. The second-order valence-electron chi connectivity index (χ2n) is 6.63. The third kappa shape index (κ3) is 4.45. The lowest BCUT2D eigenvalue weighted by Crippen LogP contribution is -2.36. The van der Waals surface area contributed by atoms with Gasteiger partial charge >= 0.3 is 0 Å². The molecule has 0 saturated carbocycles. The van der Waals surface area contributed by atoms with Crippen LogP contribution in [0.4, 0.5) is 11.6 Å². The Labute approximate surface area is 168 Å². The van der Waals surface area contributed by atoms with Crippen molar-refractivity contribution in [2.45, 2.75) is 19.3 Å². The lowest BCUT2D eigenvalue weighted by molar-refractivity contribution is 0.0718. The average Bonchev–Trinajstić information content (AvgIpc) is 2.80. The van der Waals surface area contributed by atoms with Crippen molar-refractivity contribution in [2.75, 3.05) is 25.5 Å². The second kappa shape index (κ2) is 8.59. The minimum atomic E-state index is -0.0525. The molecule has 9 heteroatoms. The molecule has 1 saturated heterocycles. The highest BCUT2D eigenvalue weighted by Gasteiger charge is 2.20. The molecule has 1 amide bonds. The Bertz CT molecular complexity index is 988. The summed E-state index contributed by atoms with van der Waals surface area (Å²) in [6.07, 6.45) is 7.90. The van der Waals surface area contributed by atoms with Crippen LogP contribution in [0.1, 0.15) is 29.8 Å². The molecule has 0 unspecified atom stereocenters. The maximum Gasteiger partial charge on any atom is 0.272 e. The number of methoxy groups -OCH3 is 1. The van der Waals surface area contributed by atoms with Crippen LogP contribution < -0.4 is 10.1 Å². The Morgan fingerprint density at radius 1 is 1.07 bits per heavy atom. The van der Waals surface area contributed by atoms with E-state index in [1.54, 1.807) is 37.7 Å². The van der Waals surface area contributed by atoms with E-state index in [1.807, 2.05) is 11.0 Å². The number of ether oxygens (including phenoxy) is 1. The lowest BCUT2D eigenvalue weighted by atomic mass is 10.1. The molecule has 29 heavy (non-hydrogen) atoms. The van der Waals surface area contributed by atoms with Gasteiger partial charge in [-0.25, -0.2) is 15.0 Å². The van der Waals surface area contributed by atoms with Crippen molar-refractivity contribution in [2.24, 2.45) is 0 Å². The van der Waals surface area contributed by atoms with Gasteiger partial charge < -0.3 is 15.0 Å². The van der Waals surface area contributed by atoms with Crippen LogP contribution in [0.2, 0.25) is 0 Å². The van der Waals surface area contributed by atoms with Crippen LogP contribution in [0.3, 0.4) is 0 Å².